The lowest BCUT2D eigenvalue weighted by Gasteiger charge is -2.15. The summed E-state index contributed by atoms with van der Waals surface area (Å²) in [6.07, 6.45) is 0. The topological polar surface area (TPSA) is 16.1 Å². The summed E-state index contributed by atoms with van der Waals surface area (Å²) in [6.45, 7) is 2.10. The van der Waals surface area contributed by atoms with Gasteiger partial charge in [0, 0.05) is 23.7 Å². The van der Waals surface area contributed by atoms with Gasteiger partial charge in [0.15, 0.2) is 5.13 Å². The van der Waals surface area contributed by atoms with Crippen molar-refractivity contribution in [3.8, 4) is 11.3 Å². The smallest absolute Gasteiger partial charge is 0.190 e. The first-order valence-electron chi connectivity index (χ1n) is 6.55. The van der Waals surface area contributed by atoms with E-state index in [4.69, 9.17) is 4.98 Å². The molecule has 2 aromatic carbocycles. The predicted octanol–water partition coefficient (Wildman–Crippen LogP) is 5.52. The fourth-order valence-corrected chi connectivity index (χ4v) is 2.86. The van der Waals surface area contributed by atoms with Gasteiger partial charge in [-0.15, -0.1) is 11.3 Å². The van der Waals surface area contributed by atoms with Crippen molar-refractivity contribution in [2.45, 2.75) is 14.4 Å². The summed E-state index contributed by atoms with van der Waals surface area (Å²) >= 11 is 1.67. The van der Waals surface area contributed by atoms with Gasteiger partial charge < -0.3 is 4.90 Å². The minimum Gasteiger partial charge on any atom is -0.321 e. The molecule has 0 saturated heterocycles. The molecule has 3 rings (SSSR count). The SMILES string of the molecule is C.Cc1ccc(-c2csc(N(C)c3ccccc3)n2)cc1. The van der Waals surface area contributed by atoms with Crippen molar-refractivity contribution in [2.24, 2.45) is 0 Å². The molecule has 0 amide bonds. The monoisotopic (exact) mass is 296 g/mol. The van der Waals surface area contributed by atoms with Crippen LogP contribution in [-0.4, -0.2) is 12.0 Å². The van der Waals surface area contributed by atoms with Gasteiger partial charge in [-0.25, -0.2) is 4.98 Å². The molecule has 0 aliphatic rings. The van der Waals surface area contributed by atoms with Crippen LogP contribution in [0.2, 0.25) is 0 Å². The maximum absolute atomic E-state index is 4.73. The molecule has 3 aromatic rings. The number of hydrogen-bond donors (Lipinski definition) is 0. The Hall–Kier alpha value is -2.13. The number of anilines is 2. The normalized spacial score (nSPS) is 10.0. The van der Waals surface area contributed by atoms with E-state index in [1.807, 2.05) is 25.2 Å². The van der Waals surface area contributed by atoms with Crippen LogP contribution in [0.1, 0.15) is 13.0 Å². The summed E-state index contributed by atoms with van der Waals surface area (Å²) < 4.78 is 0. The van der Waals surface area contributed by atoms with Crippen molar-refractivity contribution < 1.29 is 0 Å². The Morgan fingerprint density at radius 2 is 1.62 bits per heavy atom. The van der Waals surface area contributed by atoms with E-state index in [1.54, 1.807) is 11.3 Å². The third kappa shape index (κ3) is 3.31. The second kappa shape index (κ2) is 6.55. The Morgan fingerprint density at radius 1 is 0.952 bits per heavy atom. The molecule has 108 valence electrons. The Labute approximate surface area is 130 Å². The summed E-state index contributed by atoms with van der Waals surface area (Å²) in [6, 6.07) is 18.8. The number of para-hydroxylation sites is 1. The molecule has 21 heavy (non-hydrogen) atoms. The lowest BCUT2D eigenvalue weighted by molar-refractivity contribution is 1.17. The maximum atomic E-state index is 4.73. The van der Waals surface area contributed by atoms with Gasteiger partial charge in [-0.05, 0) is 19.1 Å². The van der Waals surface area contributed by atoms with Crippen molar-refractivity contribution >= 4 is 22.2 Å². The van der Waals surface area contributed by atoms with Crippen LogP contribution >= 0.6 is 11.3 Å². The lowest BCUT2D eigenvalue weighted by Crippen LogP contribution is -2.08. The predicted molar refractivity (Wildman–Crippen MR) is 93.5 cm³/mol. The number of nitrogens with zero attached hydrogens (tertiary/aromatic N) is 2. The molecule has 3 heteroatoms. The zero-order valence-corrected chi connectivity index (χ0v) is 12.4. The summed E-state index contributed by atoms with van der Waals surface area (Å²) in [5, 5.41) is 3.12. The van der Waals surface area contributed by atoms with E-state index in [0.717, 1.165) is 16.5 Å². The molecule has 0 unspecified atom stereocenters. The Morgan fingerprint density at radius 3 is 2.29 bits per heavy atom. The minimum absolute atomic E-state index is 0. The number of rotatable bonds is 3. The van der Waals surface area contributed by atoms with Gasteiger partial charge in [-0.3, -0.25) is 0 Å². The molecular weight excluding hydrogens is 276 g/mol. The standard InChI is InChI=1S/C17H16N2S.CH4/c1-13-8-10-14(11-9-13)16-12-20-17(18-16)19(2)15-6-4-3-5-7-15;/h3-12H,1-2H3;1H4. The molecule has 0 spiro atoms. The molecule has 0 aliphatic carbocycles. The van der Waals surface area contributed by atoms with Crippen molar-refractivity contribution in [1.29, 1.82) is 0 Å². The van der Waals surface area contributed by atoms with Gasteiger partial charge in [0.05, 0.1) is 5.69 Å². The second-order valence-corrected chi connectivity index (χ2v) is 5.61. The highest BCUT2D eigenvalue weighted by Crippen LogP contribution is 2.30. The average Bonchev–Trinajstić information content (AvgIpc) is 2.98. The van der Waals surface area contributed by atoms with Crippen molar-refractivity contribution in [3.05, 3.63) is 65.5 Å². The van der Waals surface area contributed by atoms with Crippen LogP contribution in [0.15, 0.2) is 60.0 Å². The summed E-state index contributed by atoms with van der Waals surface area (Å²) in [7, 11) is 2.05. The maximum Gasteiger partial charge on any atom is 0.190 e. The van der Waals surface area contributed by atoms with Gasteiger partial charge in [0.25, 0.3) is 0 Å². The van der Waals surface area contributed by atoms with Crippen LogP contribution < -0.4 is 4.90 Å². The summed E-state index contributed by atoms with van der Waals surface area (Å²) in [5.41, 5.74) is 4.62. The highest BCUT2D eigenvalue weighted by atomic mass is 32.1. The minimum atomic E-state index is 0. The van der Waals surface area contributed by atoms with Crippen molar-refractivity contribution in [2.75, 3.05) is 11.9 Å². The van der Waals surface area contributed by atoms with E-state index < -0.39 is 0 Å². The largest absolute Gasteiger partial charge is 0.321 e. The first kappa shape index (κ1) is 15.3. The number of thiazole rings is 1. The van der Waals surface area contributed by atoms with Crippen molar-refractivity contribution in [3.63, 3.8) is 0 Å². The number of hydrogen-bond acceptors (Lipinski definition) is 3. The highest BCUT2D eigenvalue weighted by molar-refractivity contribution is 7.14. The summed E-state index contributed by atoms with van der Waals surface area (Å²) in [5.74, 6) is 0. The third-order valence-electron chi connectivity index (χ3n) is 3.27. The van der Waals surface area contributed by atoms with E-state index in [0.29, 0.717) is 0 Å². The fraction of sp³-hybridized carbons (Fsp3) is 0.167. The van der Waals surface area contributed by atoms with Crippen LogP contribution in [0, 0.1) is 6.92 Å². The number of aromatic nitrogens is 1. The molecule has 0 aliphatic heterocycles. The first-order chi connectivity index (χ1) is 9.74. The van der Waals surface area contributed by atoms with Crippen LogP contribution in [-0.2, 0) is 0 Å². The van der Waals surface area contributed by atoms with E-state index in [9.17, 15) is 0 Å². The molecule has 0 bridgehead atoms. The molecular formula is C18H20N2S. The van der Waals surface area contributed by atoms with Crippen molar-refractivity contribution in [1.82, 2.24) is 4.98 Å². The van der Waals surface area contributed by atoms with E-state index in [-0.39, 0.29) is 7.43 Å². The van der Waals surface area contributed by atoms with Crippen LogP contribution in [0.5, 0.6) is 0 Å². The highest BCUT2D eigenvalue weighted by Gasteiger charge is 2.09. The van der Waals surface area contributed by atoms with Gasteiger partial charge in [-0.2, -0.15) is 0 Å². The van der Waals surface area contributed by atoms with Gasteiger partial charge in [0.1, 0.15) is 0 Å². The number of benzene rings is 2. The van der Waals surface area contributed by atoms with Crippen LogP contribution in [0.4, 0.5) is 10.8 Å². The molecule has 2 nitrogen and oxygen atoms in total. The molecule has 0 atom stereocenters. The molecule has 1 heterocycles. The van der Waals surface area contributed by atoms with Gasteiger partial charge in [0.2, 0.25) is 0 Å². The van der Waals surface area contributed by atoms with Gasteiger partial charge >= 0.3 is 0 Å². The zero-order valence-electron chi connectivity index (χ0n) is 11.6. The summed E-state index contributed by atoms with van der Waals surface area (Å²) in [4.78, 5) is 6.84. The lowest BCUT2D eigenvalue weighted by atomic mass is 10.1. The van der Waals surface area contributed by atoms with E-state index >= 15 is 0 Å². The molecule has 0 radical (unpaired) electrons. The quantitative estimate of drug-likeness (QED) is 0.632. The van der Waals surface area contributed by atoms with E-state index in [2.05, 4.69) is 53.6 Å². The van der Waals surface area contributed by atoms with E-state index in [1.165, 1.54) is 11.1 Å². The first-order valence-corrected chi connectivity index (χ1v) is 7.43. The Kier molecular flexibility index (Phi) is 4.76. The molecule has 0 N–H and O–H groups in total. The zero-order chi connectivity index (χ0) is 13.9. The molecule has 0 saturated carbocycles. The Bertz CT molecular complexity index is 687. The van der Waals surface area contributed by atoms with Crippen LogP contribution in [0.3, 0.4) is 0 Å². The molecule has 1 aromatic heterocycles. The second-order valence-electron chi connectivity index (χ2n) is 4.78. The average molecular weight is 296 g/mol. The Balaban J connectivity index is 0.00000161. The van der Waals surface area contributed by atoms with Gasteiger partial charge in [-0.1, -0.05) is 55.5 Å². The third-order valence-corrected chi connectivity index (χ3v) is 4.19. The fourth-order valence-electron chi connectivity index (χ4n) is 2.04. The van der Waals surface area contributed by atoms with Crippen LogP contribution in [0.25, 0.3) is 11.3 Å². The molecule has 0 fully saturated rings. The number of aryl methyl sites for hydroxylation is 1.